The molecule has 0 rings (SSSR count). The van der Waals surface area contributed by atoms with Gasteiger partial charge in [0.1, 0.15) is 0 Å². The van der Waals surface area contributed by atoms with Crippen molar-refractivity contribution >= 4 is 5.97 Å². The minimum atomic E-state index is -4.45. The number of carbonyl (C=O) groups is 1. The summed E-state index contributed by atoms with van der Waals surface area (Å²) in [5.41, 5.74) is 0. The molecule has 0 aliphatic heterocycles. The van der Waals surface area contributed by atoms with Gasteiger partial charge in [0.2, 0.25) is 0 Å². The van der Waals surface area contributed by atoms with E-state index in [1.807, 2.05) is 0 Å². The minimum Gasteiger partial charge on any atom is -0.453 e. The molecular formula is C6H7F3O2. The van der Waals surface area contributed by atoms with Gasteiger partial charge in [-0.2, -0.15) is 13.2 Å². The Labute approximate surface area is 61.6 Å². The van der Waals surface area contributed by atoms with Crippen LogP contribution in [0.2, 0.25) is 0 Å². The van der Waals surface area contributed by atoms with Crippen LogP contribution in [-0.4, -0.2) is 18.8 Å². The SMILES string of the molecule is C/C=C\C(=O)OCC(F)(F)F. The first-order valence-electron chi connectivity index (χ1n) is 2.82. The Morgan fingerprint density at radius 3 is 2.45 bits per heavy atom. The maximum atomic E-state index is 11.4. The molecule has 0 amide bonds. The normalized spacial score (nSPS) is 12.0. The second-order valence-electron chi connectivity index (χ2n) is 1.72. The summed E-state index contributed by atoms with van der Waals surface area (Å²) in [6, 6.07) is 0. The van der Waals surface area contributed by atoms with Crippen molar-refractivity contribution in [2.45, 2.75) is 13.1 Å². The van der Waals surface area contributed by atoms with Gasteiger partial charge < -0.3 is 4.74 Å². The van der Waals surface area contributed by atoms with E-state index in [4.69, 9.17) is 0 Å². The maximum Gasteiger partial charge on any atom is 0.422 e. The second kappa shape index (κ2) is 4.00. The number of alkyl halides is 3. The fourth-order valence-electron chi connectivity index (χ4n) is 0.337. The molecule has 0 aromatic rings. The molecule has 0 aromatic carbocycles. The number of carbonyl (C=O) groups excluding carboxylic acids is 1. The van der Waals surface area contributed by atoms with Gasteiger partial charge in [-0.05, 0) is 6.92 Å². The van der Waals surface area contributed by atoms with Crippen LogP contribution in [0.25, 0.3) is 0 Å². The summed E-state index contributed by atoms with van der Waals surface area (Å²) >= 11 is 0. The van der Waals surface area contributed by atoms with Gasteiger partial charge in [-0.3, -0.25) is 0 Å². The molecule has 0 heterocycles. The van der Waals surface area contributed by atoms with Crippen LogP contribution < -0.4 is 0 Å². The Morgan fingerprint density at radius 1 is 1.55 bits per heavy atom. The molecule has 0 fully saturated rings. The van der Waals surface area contributed by atoms with Gasteiger partial charge in [-0.25, -0.2) is 4.79 Å². The zero-order chi connectivity index (χ0) is 8.91. The first-order chi connectivity index (χ1) is 4.95. The predicted molar refractivity (Wildman–Crippen MR) is 31.8 cm³/mol. The first-order valence-corrected chi connectivity index (χ1v) is 2.82. The van der Waals surface area contributed by atoms with Crippen LogP contribution in [0.4, 0.5) is 13.2 Å². The van der Waals surface area contributed by atoms with Crippen LogP contribution in [0.5, 0.6) is 0 Å². The summed E-state index contributed by atoms with van der Waals surface area (Å²) in [5.74, 6) is -0.982. The average Bonchev–Trinajstić information content (AvgIpc) is 1.83. The van der Waals surface area contributed by atoms with E-state index in [0.29, 0.717) is 0 Å². The van der Waals surface area contributed by atoms with Crippen molar-refractivity contribution in [1.29, 1.82) is 0 Å². The molecule has 0 aliphatic carbocycles. The van der Waals surface area contributed by atoms with Crippen molar-refractivity contribution in [2.75, 3.05) is 6.61 Å². The van der Waals surface area contributed by atoms with E-state index in [9.17, 15) is 18.0 Å². The number of allylic oxidation sites excluding steroid dienone is 1. The van der Waals surface area contributed by atoms with Crippen molar-refractivity contribution in [3.8, 4) is 0 Å². The lowest BCUT2D eigenvalue weighted by Crippen LogP contribution is -2.19. The molecule has 0 spiro atoms. The van der Waals surface area contributed by atoms with Gasteiger partial charge in [-0.1, -0.05) is 6.08 Å². The standard InChI is InChI=1S/C6H7F3O2/c1-2-3-5(10)11-4-6(7,8)9/h2-3H,4H2,1H3/b3-2-. The maximum absolute atomic E-state index is 11.4. The van der Waals surface area contributed by atoms with E-state index < -0.39 is 18.8 Å². The summed E-state index contributed by atoms with van der Waals surface area (Å²) < 4.78 is 37.9. The summed E-state index contributed by atoms with van der Waals surface area (Å²) in [6.07, 6.45) is -2.22. The minimum absolute atomic E-state index is 0.922. The van der Waals surface area contributed by atoms with Crippen LogP contribution in [0, 0.1) is 0 Å². The molecule has 11 heavy (non-hydrogen) atoms. The van der Waals surface area contributed by atoms with E-state index in [1.54, 1.807) is 0 Å². The molecule has 0 saturated carbocycles. The summed E-state index contributed by atoms with van der Waals surface area (Å²) in [6.45, 7) is -0.0228. The van der Waals surface area contributed by atoms with Crippen LogP contribution in [0.15, 0.2) is 12.2 Å². The summed E-state index contributed by atoms with van der Waals surface area (Å²) in [4.78, 5) is 10.3. The van der Waals surface area contributed by atoms with E-state index in [0.717, 1.165) is 6.08 Å². The van der Waals surface area contributed by atoms with Gasteiger partial charge in [0.25, 0.3) is 0 Å². The number of hydrogen-bond acceptors (Lipinski definition) is 2. The van der Waals surface area contributed by atoms with Crippen molar-refractivity contribution in [2.24, 2.45) is 0 Å². The zero-order valence-electron chi connectivity index (χ0n) is 5.81. The number of hydrogen-bond donors (Lipinski definition) is 0. The molecule has 0 atom stereocenters. The molecule has 64 valence electrons. The Hall–Kier alpha value is -1.00. The van der Waals surface area contributed by atoms with E-state index in [1.165, 1.54) is 13.0 Å². The highest BCUT2D eigenvalue weighted by Gasteiger charge is 2.28. The number of halogens is 3. The lowest BCUT2D eigenvalue weighted by molar-refractivity contribution is -0.182. The lowest BCUT2D eigenvalue weighted by Gasteiger charge is -2.04. The lowest BCUT2D eigenvalue weighted by atomic mass is 10.5. The van der Waals surface area contributed by atoms with Gasteiger partial charge in [0, 0.05) is 6.08 Å². The van der Waals surface area contributed by atoms with Crippen molar-refractivity contribution in [1.82, 2.24) is 0 Å². The molecule has 0 radical (unpaired) electrons. The Bertz CT molecular complexity index is 160. The summed E-state index contributed by atoms with van der Waals surface area (Å²) in [7, 11) is 0. The average molecular weight is 168 g/mol. The fourth-order valence-corrected chi connectivity index (χ4v) is 0.337. The van der Waals surface area contributed by atoms with E-state index in [-0.39, 0.29) is 0 Å². The third-order valence-corrected chi connectivity index (χ3v) is 0.681. The van der Waals surface area contributed by atoms with Crippen molar-refractivity contribution in [3.63, 3.8) is 0 Å². The molecule has 0 unspecified atom stereocenters. The Kier molecular flexibility index (Phi) is 3.64. The smallest absolute Gasteiger partial charge is 0.422 e. The molecule has 0 aliphatic rings. The quantitative estimate of drug-likeness (QED) is 0.463. The first kappa shape index (κ1) is 10.0. The highest BCUT2D eigenvalue weighted by atomic mass is 19.4. The molecular weight excluding hydrogens is 161 g/mol. The molecule has 5 heteroatoms. The van der Waals surface area contributed by atoms with E-state index in [2.05, 4.69) is 4.74 Å². The second-order valence-corrected chi connectivity index (χ2v) is 1.72. The Morgan fingerprint density at radius 2 is 2.09 bits per heavy atom. The van der Waals surface area contributed by atoms with Crippen LogP contribution in [0.1, 0.15) is 6.92 Å². The molecule has 0 aromatic heterocycles. The summed E-state index contributed by atoms with van der Waals surface area (Å²) in [5, 5.41) is 0. The molecule has 0 bridgehead atoms. The van der Waals surface area contributed by atoms with Crippen molar-refractivity contribution < 1.29 is 22.7 Å². The topological polar surface area (TPSA) is 26.3 Å². The van der Waals surface area contributed by atoms with E-state index >= 15 is 0 Å². The van der Waals surface area contributed by atoms with Gasteiger partial charge in [0.05, 0.1) is 0 Å². The monoisotopic (exact) mass is 168 g/mol. The molecule has 0 saturated heterocycles. The molecule has 2 nitrogen and oxygen atoms in total. The number of ether oxygens (including phenoxy) is 1. The zero-order valence-corrected chi connectivity index (χ0v) is 5.81. The highest BCUT2D eigenvalue weighted by Crippen LogP contribution is 2.14. The van der Waals surface area contributed by atoms with Gasteiger partial charge >= 0.3 is 12.1 Å². The predicted octanol–water partition coefficient (Wildman–Crippen LogP) is 1.67. The highest BCUT2D eigenvalue weighted by molar-refractivity contribution is 5.81. The van der Waals surface area contributed by atoms with Gasteiger partial charge in [0.15, 0.2) is 6.61 Å². The van der Waals surface area contributed by atoms with Gasteiger partial charge in [-0.15, -0.1) is 0 Å². The largest absolute Gasteiger partial charge is 0.453 e. The van der Waals surface area contributed by atoms with Crippen LogP contribution in [-0.2, 0) is 9.53 Å². The fraction of sp³-hybridized carbons (Fsp3) is 0.500. The van der Waals surface area contributed by atoms with Crippen LogP contribution in [0.3, 0.4) is 0 Å². The van der Waals surface area contributed by atoms with Crippen molar-refractivity contribution in [3.05, 3.63) is 12.2 Å². The number of rotatable bonds is 2. The van der Waals surface area contributed by atoms with Crippen LogP contribution >= 0.6 is 0 Å². The molecule has 0 N–H and O–H groups in total. The third kappa shape index (κ3) is 6.89. The third-order valence-electron chi connectivity index (χ3n) is 0.681. The Balaban J connectivity index is 3.63. The number of esters is 1.